The van der Waals surface area contributed by atoms with Crippen molar-refractivity contribution in [3.05, 3.63) is 11.9 Å². The Morgan fingerprint density at radius 3 is 2.93 bits per heavy atom. The van der Waals surface area contributed by atoms with E-state index in [-0.39, 0.29) is 6.04 Å². The average Bonchev–Trinajstić information content (AvgIpc) is 2.74. The number of nitrogens with zero attached hydrogens (tertiary/aromatic N) is 3. The number of rotatable bonds is 6. The number of hydrogen-bond donors (Lipinski definition) is 1. The molecule has 1 aromatic rings. The molecule has 0 fully saturated rings. The van der Waals surface area contributed by atoms with E-state index in [2.05, 4.69) is 17.2 Å². The lowest BCUT2D eigenvalue weighted by atomic mass is 10.2. The minimum Gasteiger partial charge on any atom is -0.385 e. The number of aromatic nitrogens is 3. The van der Waals surface area contributed by atoms with Gasteiger partial charge in [0.15, 0.2) is 0 Å². The summed E-state index contributed by atoms with van der Waals surface area (Å²) in [6.45, 7) is 4.86. The summed E-state index contributed by atoms with van der Waals surface area (Å²) >= 11 is 0. The van der Waals surface area contributed by atoms with E-state index in [1.807, 2.05) is 17.8 Å². The fourth-order valence-corrected chi connectivity index (χ4v) is 1.31. The van der Waals surface area contributed by atoms with E-state index in [4.69, 9.17) is 10.5 Å². The van der Waals surface area contributed by atoms with Crippen LogP contribution in [0.1, 0.15) is 44.5 Å². The van der Waals surface area contributed by atoms with Gasteiger partial charge in [-0.3, -0.25) is 0 Å². The van der Waals surface area contributed by atoms with Gasteiger partial charge in [0, 0.05) is 13.7 Å². The normalized spacial score (nSPS) is 15.2. The van der Waals surface area contributed by atoms with E-state index in [1.54, 1.807) is 7.11 Å². The SMILES string of the molecule is CCC(N)c1cn(C(C)CCOC)nn1. The minimum atomic E-state index is -0.00613. The van der Waals surface area contributed by atoms with Crippen LogP contribution in [-0.2, 0) is 4.74 Å². The third-order valence-corrected chi connectivity index (χ3v) is 2.54. The van der Waals surface area contributed by atoms with Gasteiger partial charge in [0.1, 0.15) is 0 Å². The maximum absolute atomic E-state index is 5.87. The van der Waals surface area contributed by atoms with Gasteiger partial charge >= 0.3 is 0 Å². The Kier molecular flexibility index (Phi) is 4.71. The highest BCUT2D eigenvalue weighted by atomic mass is 16.5. The Morgan fingerprint density at radius 2 is 2.33 bits per heavy atom. The largest absolute Gasteiger partial charge is 0.385 e. The molecule has 0 bridgehead atoms. The van der Waals surface area contributed by atoms with Crippen LogP contribution in [0.5, 0.6) is 0 Å². The van der Waals surface area contributed by atoms with E-state index in [0.29, 0.717) is 6.04 Å². The van der Waals surface area contributed by atoms with Crippen molar-refractivity contribution in [1.82, 2.24) is 15.0 Å². The molecule has 2 N–H and O–H groups in total. The van der Waals surface area contributed by atoms with Crippen LogP contribution in [0.3, 0.4) is 0 Å². The Labute approximate surface area is 90.6 Å². The summed E-state index contributed by atoms with van der Waals surface area (Å²) in [4.78, 5) is 0. The van der Waals surface area contributed by atoms with Crippen LogP contribution in [0.4, 0.5) is 0 Å². The summed E-state index contributed by atoms with van der Waals surface area (Å²) in [5.74, 6) is 0. The van der Waals surface area contributed by atoms with Gasteiger partial charge in [0.25, 0.3) is 0 Å². The first kappa shape index (κ1) is 12.1. The molecule has 5 nitrogen and oxygen atoms in total. The van der Waals surface area contributed by atoms with Crippen molar-refractivity contribution >= 4 is 0 Å². The second kappa shape index (κ2) is 5.82. The molecule has 0 aliphatic heterocycles. The van der Waals surface area contributed by atoms with Gasteiger partial charge in [-0.1, -0.05) is 12.1 Å². The standard InChI is InChI=1S/C10H20N4O/c1-4-9(11)10-7-14(13-12-10)8(2)5-6-15-3/h7-9H,4-6,11H2,1-3H3. The minimum absolute atomic E-state index is 0.00613. The first-order chi connectivity index (χ1) is 7.19. The third-order valence-electron chi connectivity index (χ3n) is 2.54. The van der Waals surface area contributed by atoms with E-state index in [9.17, 15) is 0 Å². The Hall–Kier alpha value is -0.940. The van der Waals surface area contributed by atoms with Crippen LogP contribution in [0.25, 0.3) is 0 Å². The molecule has 5 heteroatoms. The van der Waals surface area contributed by atoms with Gasteiger partial charge < -0.3 is 10.5 Å². The van der Waals surface area contributed by atoms with Gasteiger partial charge in [-0.15, -0.1) is 5.10 Å². The fourth-order valence-electron chi connectivity index (χ4n) is 1.31. The van der Waals surface area contributed by atoms with E-state index >= 15 is 0 Å². The smallest absolute Gasteiger partial charge is 0.0994 e. The molecular weight excluding hydrogens is 192 g/mol. The molecule has 2 atom stereocenters. The second-order valence-electron chi connectivity index (χ2n) is 3.77. The average molecular weight is 212 g/mol. The van der Waals surface area contributed by atoms with Crippen LogP contribution < -0.4 is 5.73 Å². The zero-order chi connectivity index (χ0) is 11.3. The lowest BCUT2D eigenvalue weighted by Gasteiger charge is -2.09. The van der Waals surface area contributed by atoms with Gasteiger partial charge in [0.05, 0.1) is 24.0 Å². The maximum atomic E-state index is 5.87. The first-order valence-electron chi connectivity index (χ1n) is 5.35. The molecule has 0 aliphatic carbocycles. The predicted molar refractivity (Wildman–Crippen MR) is 58.4 cm³/mol. The lowest BCUT2D eigenvalue weighted by molar-refractivity contribution is 0.178. The summed E-state index contributed by atoms with van der Waals surface area (Å²) in [6.07, 6.45) is 3.74. The molecule has 0 aromatic carbocycles. The van der Waals surface area contributed by atoms with Crippen LogP contribution in [-0.4, -0.2) is 28.7 Å². The monoisotopic (exact) mass is 212 g/mol. The molecule has 15 heavy (non-hydrogen) atoms. The van der Waals surface area contributed by atoms with Gasteiger partial charge in [0.2, 0.25) is 0 Å². The Bertz CT molecular complexity index is 287. The lowest BCUT2D eigenvalue weighted by Crippen LogP contribution is -2.10. The molecule has 86 valence electrons. The topological polar surface area (TPSA) is 66.0 Å². The molecule has 1 rings (SSSR count). The van der Waals surface area contributed by atoms with Crippen molar-refractivity contribution in [1.29, 1.82) is 0 Å². The number of methoxy groups -OCH3 is 1. The van der Waals surface area contributed by atoms with Crippen molar-refractivity contribution in [2.75, 3.05) is 13.7 Å². The zero-order valence-electron chi connectivity index (χ0n) is 9.68. The summed E-state index contributed by atoms with van der Waals surface area (Å²) in [6, 6.07) is 0.295. The quantitative estimate of drug-likeness (QED) is 0.771. The molecule has 1 aromatic heterocycles. The summed E-state index contributed by atoms with van der Waals surface area (Å²) in [5, 5.41) is 8.13. The van der Waals surface area contributed by atoms with Gasteiger partial charge in [-0.2, -0.15) is 0 Å². The molecule has 1 heterocycles. The van der Waals surface area contributed by atoms with Crippen molar-refractivity contribution < 1.29 is 4.74 Å². The Morgan fingerprint density at radius 1 is 1.60 bits per heavy atom. The van der Waals surface area contributed by atoms with E-state index in [0.717, 1.165) is 25.1 Å². The molecule has 0 radical (unpaired) electrons. The predicted octanol–water partition coefficient (Wildman–Crippen LogP) is 1.29. The highest BCUT2D eigenvalue weighted by molar-refractivity contribution is 4.99. The molecule has 0 amide bonds. The molecule has 0 aliphatic rings. The number of nitrogens with two attached hydrogens (primary N) is 1. The number of ether oxygens (including phenoxy) is 1. The van der Waals surface area contributed by atoms with Crippen molar-refractivity contribution in [3.63, 3.8) is 0 Å². The van der Waals surface area contributed by atoms with Gasteiger partial charge in [-0.25, -0.2) is 4.68 Å². The molecule has 0 saturated carbocycles. The van der Waals surface area contributed by atoms with E-state index in [1.165, 1.54) is 0 Å². The zero-order valence-corrected chi connectivity index (χ0v) is 9.68. The van der Waals surface area contributed by atoms with Crippen LogP contribution >= 0.6 is 0 Å². The molecule has 2 unspecified atom stereocenters. The van der Waals surface area contributed by atoms with Gasteiger partial charge in [-0.05, 0) is 19.8 Å². The van der Waals surface area contributed by atoms with Crippen molar-refractivity contribution in [3.8, 4) is 0 Å². The van der Waals surface area contributed by atoms with Crippen molar-refractivity contribution in [2.45, 2.75) is 38.8 Å². The van der Waals surface area contributed by atoms with Crippen LogP contribution in [0.2, 0.25) is 0 Å². The third kappa shape index (κ3) is 3.28. The highest BCUT2D eigenvalue weighted by Crippen LogP contribution is 2.13. The van der Waals surface area contributed by atoms with E-state index < -0.39 is 0 Å². The highest BCUT2D eigenvalue weighted by Gasteiger charge is 2.11. The maximum Gasteiger partial charge on any atom is 0.0994 e. The summed E-state index contributed by atoms with van der Waals surface area (Å²) < 4.78 is 6.87. The number of hydrogen-bond acceptors (Lipinski definition) is 4. The molecule has 0 saturated heterocycles. The van der Waals surface area contributed by atoms with Crippen LogP contribution in [0, 0.1) is 0 Å². The molecule has 0 spiro atoms. The molecular formula is C10H20N4O. The second-order valence-corrected chi connectivity index (χ2v) is 3.77. The fraction of sp³-hybridized carbons (Fsp3) is 0.800. The summed E-state index contributed by atoms with van der Waals surface area (Å²) in [5.41, 5.74) is 6.73. The van der Waals surface area contributed by atoms with Crippen LogP contribution in [0.15, 0.2) is 6.20 Å². The first-order valence-corrected chi connectivity index (χ1v) is 5.35. The Balaban J connectivity index is 2.58. The summed E-state index contributed by atoms with van der Waals surface area (Å²) in [7, 11) is 1.70. The van der Waals surface area contributed by atoms with Crippen molar-refractivity contribution in [2.24, 2.45) is 5.73 Å².